The van der Waals surface area contributed by atoms with Crippen LogP contribution in [0.4, 0.5) is 0 Å². The molecule has 4 heteroatoms. The van der Waals surface area contributed by atoms with Crippen LogP contribution >= 0.6 is 0 Å². The molecule has 0 unspecified atom stereocenters. The second-order valence-electron chi connectivity index (χ2n) is 4.54. The average Bonchev–Trinajstić information content (AvgIpc) is 2.52. The molecule has 4 nitrogen and oxygen atoms in total. The van der Waals surface area contributed by atoms with Gasteiger partial charge in [0.2, 0.25) is 0 Å². The number of carbonyl (C=O) groups is 1. The van der Waals surface area contributed by atoms with Gasteiger partial charge in [-0.2, -0.15) is 0 Å². The van der Waals surface area contributed by atoms with Crippen LogP contribution in [0.2, 0.25) is 0 Å². The number of hydrogen-bond donors (Lipinski definition) is 0. The van der Waals surface area contributed by atoms with E-state index in [0.717, 1.165) is 11.1 Å². The summed E-state index contributed by atoms with van der Waals surface area (Å²) in [6, 6.07) is 15.4. The van der Waals surface area contributed by atoms with Crippen molar-refractivity contribution in [1.29, 1.82) is 0 Å². The number of carbonyl (C=O) groups excluding carboxylic acids is 1. The smallest absolute Gasteiger partial charge is 0.302 e. The summed E-state index contributed by atoms with van der Waals surface area (Å²) in [4.78, 5) is 10.8. The Morgan fingerprint density at radius 3 is 2.38 bits per heavy atom. The molecule has 0 aliphatic heterocycles. The Labute approximate surface area is 124 Å². The van der Waals surface area contributed by atoms with E-state index in [2.05, 4.69) is 0 Å². The van der Waals surface area contributed by atoms with Gasteiger partial charge in [0, 0.05) is 6.92 Å². The van der Waals surface area contributed by atoms with Crippen LogP contribution < -0.4 is 9.47 Å². The second-order valence-corrected chi connectivity index (χ2v) is 4.54. The number of methoxy groups -OCH3 is 1. The highest BCUT2D eigenvalue weighted by atomic mass is 16.5. The lowest BCUT2D eigenvalue weighted by molar-refractivity contribution is -0.142. The Morgan fingerprint density at radius 2 is 1.71 bits per heavy atom. The molecule has 0 radical (unpaired) electrons. The third-order valence-corrected chi connectivity index (χ3v) is 2.91. The molecule has 2 rings (SSSR count). The van der Waals surface area contributed by atoms with Gasteiger partial charge in [0.1, 0.15) is 13.2 Å². The van der Waals surface area contributed by atoms with Gasteiger partial charge >= 0.3 is 5.97 Å². The quantitative estimate of drug-likeness (QED) is 0.764. The van der Waals surface area contributed by atoms with Crippen LogP contribution in [0.5, 0.6) is 11.5 Å². The molecule has 21 heavy (non-hydrogen) atoms. The first kappa shape index (κ1) is 14.9. The monoisotopic (exact) mass is 286 g/mol. The number of rotatable bonds is 6. The Morgan fingerprint density at radius 1 is 0.952 bits per heavy atom. The zero-order chi connectivity index (χ0) is 15.1. The van der Waals surface area contributed by atoms with Gasteiger partial charge in [0.15, 0.2) is 11.5 Å². The fourth-order valence-electron chi connectivity index (χ4n) is 1.84. The standard InChI is InChI=1S/C17H18O4/c1-13(18)20-12-15-8-9-16(17(10-15)19-2)21-11-14-6-4-3-5-7-14/h3-10H,11-12H2,1-2H3. The van der Waals surface area contributed by atoms with E-state index < -0.39 is 0 Å². The molecule has 0 aliphatic rings. The molecule has 0 spiro atoms. The maximum atomic E-state index is 10.8. The molecule has 0 aliphatic carbocycles. The third kappa shape index (κ3) is 4.53. The van der Waals surface area contributed by atoms with E-state index in [4.69, 9.17) is 14.2 Å². The summed E-state index contributed by atoms with van der Waals surface area (Å²) in [6.45, 7) is 2.08. The van der Waals surface area contributed by atoms with E-state index >= 15 is 0 Å². The van der Waals surface area contributed by atoms with Crippen molar-refractivity contribution >= 4 is 5.97 Å². The van der Waals surface area contributed by atoms with Crippen LogP contribution in [0.3, 0.4) is 0 Å². The van der Waals surface area contributed by atoms with Crippen LogP contribution in [0.15, 0.2) is 48.5 Å². The lowest BCUT2D eigenvalue weighted by atomic mass is 10.2. The Balaban J connectivity index is 2.04. The normalized spacial score (nSPS) is 10.0. The number of hydrogen-bond acceptors (Lipinski definition) is 4. The first-order valence-electron chi connectivity index (χ1n) is 6.66. The molecule has 0 bridgehead atoms. The molecule has 0 N–H and O–H groups in total. The maximum Gasteiger partial charge on any atom is 0.302 e. The number of benzene rings is 2. The zero-order valence-corrected chi connectivity index (χ0v) is 12.2. The highest BCUT2D eigenvalue weighted by molar-refractivity contribution is 5.66. The van der Waals surface area contributed by atoms with Crippen molar-refractivity contribution in [2.45, 2.75) is 20.1 Å². The van der Waals surface area contributed by atoms with Gasteiger partial charge in [-0.05, 0) is 23.3 Å². The summed E-state index contributed by atoms with van der Waals surface area (Å²) in [6.07, 6.45) is 0. The van der Waals surface area contributed by atoms with Crippen molar-refractivity contribution in [3.63, 3.8) is 0 Å². The van der Waals surface area contributed by atoms with E-state index in [0.29, 0.717) is 18.1 Å². The molecule has 0 amide bonds. The molecule has 2 aromatic carbocycles. The van der Waals surface area contributed by atoms with Gasteiger partial charge < -0.3 is 14.2 Å². The summed E-state index contributed by atoms with van der Waals surface area (Å²) in [5, 5.41) is 0. The predicted molar refractivity (Wildman–Crippen MR) is 79.2 cm³/mol. The van der Waals surface area contributed by atoms with Gasteiger partial charge in [0.05, 0.1) is 7.11 Å². The SMILES string of the molecule is COc1cc(COC(C)=O)ccc1OCc1ccccc1. The Kier molecular flexibility index (Phi) is 5.21. The van der Waals surface area contributed by atoms with E-state index in [1.807, 2.05) is 48.5 Å². The maximum absolute atomic E-state index is 10.8. The minimum absolute atomic E-state index is 0.227. The van der Waals surface area contributed by atoms with E-state index in [9.17, 15) is 4.79 Å². The molecule has 2 aromatic rings. The summed E-state index contributed by atoms with van der Waals surface area (Å²) >= 11 is 0. The van der Waals surface area contributed by atoms with Gasteiger partial charge in [-0.3, -0.25) is 4.79 Å². The molecule has 0 atom stereocenters. The van der Waals surface area contributed by atoms with Crippen LogP contribution in [0.1, 0.15) is 18.1 Å². The Bertz CT molecular complexity index is 593. The first-order chi connectivity index (χ1) is 10.2. The number of esters is 1. The first-order valence-corrected chi connectivity index (χ1v) is 6.66. The molecule has 0 fully saturated rings. The van der Waals surface area contributed by atoms with Crippen molar-refractivity contribution in [3.05, 3.63) is 59.7 Å². The Hall–Kier alpha value is -2.49. The minimum atomic E-state index is -0.307. The molecule has 0 saturated carbocycles. The van der Waals surface area contributed by atoms with Crippen molar-refractivity contribution in [1.82, 2.24) is 0 Å². The fraction of sp³-hybridized carbons (Fsp3) is 0.235. The molecule has 110 valence electrons. The van der Waals surface area contributed by atoms with Crippen LogP contribution in [0, 0.1) is 0 Å². The summed E-state index contributed by atoms with van der Waals surface area (Å²) in [7, 11) is 1.58. The largest absolute Gasteiger partial charge is 0.493 e. The summed E-state index contributed by atoms with van der Waals surface area (Å²) < 4.78 is 16.0. The van der Waals surface area contributed by atoms with Crippen LogP contribution in [-0.4, -0.2) is 13.1 Å². The van der Waals surface area contributed by atoms with Gasteiger partial charge in [-0.25, -0.2) is 0 Å². The van der Waals surface area contributed by atoms with Crippen molar-refractivity contribution in [2.75, 3.05) is 7.11 Å². The van der Waals surface area contributed by atoms with E-state index in [1.54, 1.807) is 7.11 Å². The zero-order valence-electron chi connectivity index (χ0n) is 12.2. The summed E-state index contributed by atoms with van der Waals surface area (Å²) in [5.41, 5.74) is 1.94. The van der Waals surface area contributed by atoms with Crippen molar-refractivity contribution < 1.29 is 19.0 Å². The van der Waals surface area contributed by atoms with Gasteiger partial charge in [0.25, 0.3) is 0 Å². The minimum Gasteiger partial charge on any atom is -0.493 e. The second kappa shape index (κ2) is 7.33. The van der Waals surface area contributed by atoms with Crippen LogP contribution in [-0.2, 0) is 22.7 Å². The topological polar surface area (TPSA) is 44.8 Å². The number of ether oxygens (including phenoxy) is 3. The highest BCUT2D eigenvalue weighted by Gasteiger charge is 2.07. The van der Waals surface area contributed by atoms with Crippen molar-refractivity contribution in [3.8, 4) is 11.5 Å². The molecule has 0 aromatic heterocycles. The van der Waals surface area contributed by atoms with E-state index in [-0.39, 0.29) is 12.6 Å². The molecular formula is C17H18O4. The highest BCUT2D eigenvalue weighted by Crippen LogP contribution is 2.29. The van der Waals surface area contributed by atoms with Crippen molar-refractivity contribution in [2.24, 2.45) is 0 Å². The fourth-order valence-corrected chi connectivity index (χ4v) is 1.84. The van der Waals surface area contributed by atoms with Gasteiger partial charge in [-0.15, -0.1) is 0 Å². The summed E-state index contributed by atoms with van der Waals surface area (Å²) in [5.74, 6) is 0.974. The van der Waals surface area contributed by atoms with Crippen LogP contribution in [0.25, 0.3) is 0 Å². The lowest BCUT2D eigenvalue weighted by Gasteiger charge is -2.12. The predicted octanol–water partition coefficient (Wildman–Crippen LogP) is 3.34. The van der Waals surface area contributed by atoms with E-state index in [1.165, 1.54) is 6.92 Å². The molecule has 0 saturated heterocycles. The van der Waals surface area contributed by atoms with Gasteiger partial charge in [-0.1, -0.05) is 36.4 Å². The third-order valence-electron chi connectivity index (χ3n) is 2.91. The lowest BCUT2D eigenvalue weighted by Crippen LogP contribution is -2.01. The molecular weight excluding hydrogens is 268 g/mol. The average molecular weight is 286 g/mol. The molecule has 0 heterocycles.